The van der Waals surface area contributed by atoms with Gasteiger partial charge in [-0.25, -0.2) is 0 Å². The molecule has 0 aliphatic heterocycles. The molecule has 0 bridgehead atoms. The lowest BCUT2D eigenvalue weighted by Gasteiger charge is -2.28. The Balaban J connectivity index is 2.18. The predicted molar refractivity (Wildman–Crippen MR) is 74.7 cm³/mol. The number of aromatic nitrogens is 2. The second-order valence-electron chi connectivity index (χ2n) is 4.51. The molecule has 0 saturated heterocycles. The molecule has 1 aliphatic rings. The zero-order valence-corrected chi connectivity index (χ0v) is 11.9. The summed E-state index contributed by atoms with van der Waals surface area (Å²) in [6.45, 7) is 1.95. The molecule has 0 aromatic carbocycles. The van der Waals surface area contributed by atoms with Crippen LogP contribution in [0.25, 0.3) is 0 Å². The van der Waals surface area contributed by atoms with Crippen LogP contribution in [-0.4, -0.2) is 26.0 Å². The Morgan fingerprint density at radius 1 is 1.56 bits per heavy atom. The highest BCUT2D eigenvalue weighted by Gasteiger charge is 2.39. The lowest BCUT2D eigenvalue weighted by atomic mass is 9.97. The summed E-state index contributed by atoms with van der Waals surface area (Å²) >= 11 is 6.23. The number of nitrogens with one attached hydrogen (secondary N) is 1. The van der Waals surface area contributed by atoms with Crippen molar-refractivity contribution in [2.24, 2.45) is 5.73 Å². The molecule has 18 heavy (non-hydrogen) atoms. The van der Waals surface area contributed by atoms with Gasteiger partial charge in [0.25, 0.3) is 5.91 Å². The highest BCUT2D eigenvalue weighted by atomic mass is 32.1. The van der Waals surface area contributed by atoms with E-state index in [-0.39, 0.29) is 5.91 Å². The molecule has 0 spiro atoms. The predicted octanol–water partition coefficient (Wildman–Crippen LogP) is 1.43. The minimum Gasteiger partial charge on any atom is -0.391 e. The molecular formula is C11H16N4OS2. The number of carbonyl (C=O) groups is 1. The van der Waals surface area contributed by atoms with Gasteiger partial charge in [0.2, 0.25) is 0 Å². The molecule has 1 aliphatic carbocycles. The van der Waals surface area contributed by atoms with Gasteiger partial charge >= 0.3 is 0 Å². The zero-order chi connectivity index (χ0) is 13.2. The summed E-state index contributed by atoms with van der Waals surface area (Å²) in [7, 11) is 0. The molecule has 1 aromatic heterocycles. The quantitative estimate of drug-likeness (QED) is 0.818. The van der Waals surface area contributed by atoms with Crippen LogP contribution in [0.4, 0.5) is 0 Å². The van der Waals surface area contributed by atoms with Crippen molar-refractivity contribution < 1.29 is 4.79 Å². The summed E-state index contributed by atoms with van der Waals surface area (Å²) in [4.78, 5) is 13.2. The van der Waals surface area contributed by atoms with Crippen LogP contribution >= 0.6 is 23.8 Å². The Kier molecular flexibility index (Phi) is 3.91. The van der Waals surface area contributed by atoms with Crippen LogP contribution < -0.4 is 11.1 Å². The van der Waals surface area contributed by atoms with Gasteiger partial charge in [-0.3, -0.25) is 4.79 Å². The van der Waals surface area contributed by atoms with Crippen molar-refractivity contribution in [3.63, 3.8) is 0 Å². The summed E-state index contributed by atoms with van der Waals surface area (Å²) in [6, 6.07) is 0. The number of hydrogen-bond acceptors (Lipinski definition) is 5. The highest BCUT2D eigenvalue weighted by Crippen LogP contribution is 2.30. The Hall–Kier alpha value is -1.08. The van der Waals surface area contributed by atoms with Crippen LogP contribution in [0.1, 0.15) is 48.0 Å². The van der Waals surface area contributed by atoms with Gasteiger partial charge in [-0.1, -0.05) is 36.5 Å². The topological polar surface area (TPSA) is 80.9 Å². The fourth-order valence-electron chi connectivity index (χ4n) is 2.30. The van der Waals surface area contributed by atoms with E-state index < -0.39 is 5.54 Å². The Morgan fingerprint density at radius 2 is 2.22 bits per heavy atom. The number of amides is 1. The summed E-state index contributed by atoms with van der Waals surface area (Å²) in [5.41, 5.74) is 6.01. The molecule has 1 fully saturated rings. The van der Waals surface area contributed by atoms with Crippen LogP contribution in [0.3, 0.4) is 0 Å². The van der Waals surface area contributed by atoms with Crippen LogP contribution in [0.15, 0.2) is 0 Å². The van der Waals surface area contributed by atoms with E-state index >= 15 is 0 Å². The Bertz CT molecular complexity index is 465. The number of carbonyl (C=O) groups excluding carboxylic acids is 1. The minimum absolute atomic E-state index is 0.156. The maximum Gasteiger partial charge on any atom is 0.265 e. The van der Waals surface area contributed by atoms with E-state index in [1.165, 1.54) is 0 Å². The van der Waals surface area contributed by atoms with E-state index in [4.69, 9.17) is 18.0 Å². The first-order chi connectivity index (χ1) is 8.59. The lowest BCUT2D eigenvalue weighted by Crippen LogP contribution is -2.54. The Labute approximate surface area is 115 Å². The first kappa shape index (κ1) is 13.4. The van der Waals surface area contributed by atoms with E-state index in [1.54, 1.807) is 0 Å². The molecule has 0 atom stereocenters. The van der Waals surface area contributed by atoms with E-state index in [9.17, 15) is 4.79 Å². The molecule has 1 aromatic rings. The first-order valence-electron chi connectivity index (χ1n) is 6.02. The van der Waals surface area contributed by atoms with Gasteiger partial charge in [-0.15, -0.1) is 5.10 Å². The lowest BCUT2D eigenvalue weighted by molar-refractivity contribution is 0.0927. The summed E-state index contributed by atoms with van der Waals surface area (Å²) in [5, 5.41) is 6.94. The first-order valence-corrected chi connectivity index (χ1v) is 7.21. The monoisotopic (exact) mass is 284 g/mol. The molecule has 7 heteroatoms. The smallest absolute Gasteiger partial charge is 0.265 e. The number of aryl methyl sites for hydroxylation is 1. The highest BCUT2D eigenvalue weighted by molar-refractivity contribution is 7.80. The maximum absolute atomic E-state index is 12.3. The summed E-state index contributed by atoms with van der Waals surface area (Å²) in [6.07, 6.45) is 4.42. The second kappa shape index (κ2) is 5.27. The number of rotatable bonds is 4. The van der Waals surface area contributed by atoms with Crippen LogP contribution in [0.5, 0.6) is 0 Å². The maximum atomic E-state index is 12.3. The molecule has 1 saturated carbocycles. The van der Waals surface area contributed by atoms with E-state index in [1.807, 2.05) is 6.92 Å². The molecule has 1 heterocycles. The van der Waals surface area contributed by atoms with Gasteiger partial charge in [0.1, 0.15) is 4.88 Å². The van der Waals surface area contributed by atoms with Gasteiger partial charge in [0.15, 0.2) is 0 Å². The van der Waals surface area contributed by atoms with Gasteiger partial charge < -0.3 is 11.1 Å². The standard InChI is InChI=1S/C11H16N4OS2/c1-2-7-8(18-15-14-7)9(16)13-11(10(12)17)5-3-4-6-11/h2-6H2,1H3,(H2,12,17)(H,13,16). The molecule has 2 rings (SSSR count). The minimum atomic E-state index is -0.512. The normalized spacial score (nSPS) is 17.6. The fourth-order valence-corrected chi connectivity index (χ4v) is 3.20. The van der Waals surface area contributed by atoms with E-state index in [0.717, 1.165) is 42.9 Å². The number of nitrogens with zero attached hydrogens (tertiary/aromatic N) is 2. The molecule has 5 nitrogen and oxygen atoms in total. The van der Waals surface area contributed by atoms with E-state index in [0.29, 0.717) is 16.3 Å². The third-order valence-electron chi connectivity index (χ3n) is 3.38. The molecule has 98 valence electrons. The number of hydrogen-bond donors (Lipinski definition) is 2. The van der Waals surface area contributed by atoms with Crippen LogP contribution in [0, 0.1) is 0 Å². The van der Waals surface area contributed by atoms with Gasteiger partial charge in [0.05, 0.1) is 16.2 Å². The van der Waals surface area contributed by atoms with Crippen molar-refractivity contribution in [1.82, 2.24) is 14.9 Å². The van der Waals surface area contributed by atoms with Crippen molar-refractivity contribution in [2.45, 2.75) is 44.6 Å². The van der Waals surface area contributed by atoms with Crippen molar-refractivity contribution in [2.75, 3.05) is 0 Å². The van der Waals surface area contributed by atoms with Crippen LogP contribution in [-0.2, 0) is 6.42 Å². The molecule has 0 unspecified atom stereocenters. The summed E-state index contributed by atoms with van der Waals surface area (Å²) in [5.74, 6) is -0.156. The van der Waals surface area contributed by atoms with Crippen molar-refractivity contribution in [1.29, 1.82) is 0 Å². The largest absolute Gasteiger partial charge is 0.391 e. The van der Waals surface area contributed by atoms with Gasteiger partial charge in [0, 0.05) is 0 Å². The average molecular weight is 284 g/mol. The molecule has 0 radical (unpaired) electrons. The third-order valence-corrected chi connectivity index (χ3v) is 4.54. The fraction of sp³-hybridized carbons (Fsp3) is 0.636. The average Bonchev–Trinajstić information content (AvgIpc) is 2.97. The second-order valence-corrected chi connectivity index (χ2v) is 5.70. The van der Waals surface area contributed by atoms with E-state index in [2.05, 4.69) is 14.9 Å². The molecular weight excluding hydrogens is 268 g/mol. The molecule has 3 N–H and O–H groups in total. The van der Waals surface area contributed by atoms with Crippen LogP contribution in [0.2, 0.25) is 0 Å². The number of thiocarbonyl (C=S) groups is 1. The zero-order valence-electron chi connectivity index (χ0n) is 10.2. The van der Waals surface area contributed by atoms with Crippen molar-refractivity contribution in [3.8, 4) is 0 Å². The Morgan fingerprint density at radius 3 is 2.78 bits per heavy atom. The number of nitrogens with two attached hydrogens (primary N) is 1. The van der Waals surface area contributed by atoms with Gasteiger partial charge in [-0.2, -0.15) is 0 Å². The SMILES string of the molecule is CCc1nnsc1C(=O)NC1(C(N)=S)CCCC1. The van der Waals surface area contributed by atoms with Crippen molar-refractivity contribution >= 4 is 34.6 Å². The van der Waals surface area contributed by atoms with Crippen molar-refractivity contribution in [3.05, 3.63) is 10.6 Å². The third kappa shape index (κ3) is 2.37. The van der Waals surface area contributed by atoms with Gasteiger partial charge in [-0.05, 0) is 30.8 Å². The summed E-state index contributed by atoms with van der Waals surface area (Å²) < 4.78 is 3.82. The molecule has 1 amide bonds.